The second-order valence-electron chi connectivity index (χ2n) is 6.19. The molecule has 0 N–H and O–H groups in total. The summed E-state index contributed by atoms with van der Waals surface area (Å²) in [4.78, 5) is 2.50. The average molecular weight is 379 g/mol. The maximum atomic E-state index is 13.0. The second kappa shape index (κ2) is 6.52. The van der Waals surface area contributed by atoms with E-state index < -0.39 is 10.0 Å². The predicted octanol–water partition coefficient (Wildman–Crippen LogP) is 2.93. The minimum Gasteiger partial charge on any atom is -0.378 e. The molecule has 25 heavy (non-hydrogen) atoms. The van der Waals surface area contributed by atoms with Gasteiger partial charge in [-0.1, -0.05) is 17.7 Å². The van der Waals surface area contributed by atoms with E-state index in [4.69, 9.17) is 16.3 Å². The van der Waals surface area contributed by atoms with Gasteiger partial charge in [0, 0.05) is 30.3 Å². The Morgan fingerprint density at radius 3 is 2.40 bits per heavy atom. The number of hydrogen-bond donors (Lipinski definition) is 0. The Morgan fingerprint density at radius 2 is 1.68 bits per heavy atom. The zero-order valence-corrected chi connectivity index (χ0v) is 15.3. The topological polar surface area (TPSA) is 49.9 Å². The van der Waals surface area contributed by atoms with E-state index in [0.29, 0.717) is 24.8 Å². The molecule has 0 saturated carbocycles. The molecule has 2 aliphatic rings. The summed E-state index contributed by atoms with van der Waals surface area (Å²) >= 11 is 5.89. The van der Waals surface area contributed by atoms with Gasteiger partial charge in [0.05, 0.1) is 23.8 Å². The van der Waals surface area contributed by atoms with Crippen molar-refractivity contribution < 1.29 is 13.2 Å². The van der Waals surface area contributed by atoms with Crippen LogP contribution in [-0.2, 0) is 21.2 Å². The Hall–Kier alpha value is -1.76. The fraction of sp³-hybridized carbons (Fsp3) is 0.333. The van der Waals surface area contributed by atoms with E-state index in [-0.39, 0.29) is 4.90 Å². The molecule has 0 bridgehead atoms. The van der Waals surface area contributed by atoms with Gasteiger partial charge in [-0.2, -0.15) is 0 Å². The molecule has 0 atom stereocenters. The molecule has 2 heterocycles. The number of morpholine rings is 1. The minimum absolute atomic E-state index is 0.265. The molecule has 1 fully saturated rings. The molecule has 132 valence electrons. The number of sulfonamides is 1. The quantitative estimate of drug-likeness (QED) is 0.824. The maximum Gasteiger partial charge on any atom is 0.264 e. The van der Waals surface area contributed by atoms with E-state index in [1.165, 1.54) is 4.31 Å². The summed E-state index contributed by atoms with van der Waals surface area (Å²) in [6.45, 7) is 3.51. The number of fused-ring (bicyclic) bond motifs is 1. The third-order valence-electron chi connectivity index (χ3n) is 4.70. The highest BCUT2D eigenvalue weighted by atomic mass is 35.5. The number of halogens is 1. The lowest BCUT2D eigenvalue weighted by atomic mass is 10.1. The highest BCUT2D eigenvalue weighted by Crippen LogP contribution is 2.36. The molecule has 0 aliphatic carbocycles. The van der Waals surface area contributed by atoms with Gasteiger partial charge >= 0.3 is 0 Å². The molecule has 2 aromatic carbocycles. The summed E-state index contributed by atoms with van der Waals surface area (Å²) in [5.74, 6) is 0. The molecule has 4 rings (SSSR count). The first-order valence-electron chi connectivity index (χ1n) is 8.30. The molecule has 2 aromatic rings. The van der Waals surface area contributed by atoms with Crippen LogP contribution in [0.5, 0.6) is 0 Å². The van der Waals surface area contributed by atoms with E-state index in [2.05, 4.69) is 11.0 Å². The Morgan fingerprint density at radius 1 is 0.960 bits per heavy atom. The molecule has 5 nitrogen and oxygen atoms in total. The Balaban J connectivity index is 1.69. The summed E-state index contributed by atoms with van der Waals surface area (Å²) in [6.07, 6.45) is 0.728. The van der Waals surface area contributed by atoms with Crippen LogP contribution in [0.25, 0.3) is 0 Å². The first-order chi connectivity index (χ1) is 12.1. The molecule has 0 aromatic heterocycles. The molecule has 0 radical (unpaired) electrons. The molecule has 2 aliphatic heterocycles. The van der Waals surface area contributed by atoms with Crippen LogP contribution < -0.4 is 9.21 Å². The first kappa shape index (κ1) is 16.7. The highest BCUT2D eigenvalue weighted by Gasteiger charge is 2.31. The molecule has 0 spiro atoms. The number of nitrogens with zero attached hydrogens (tertiary/aromatic N) is 2. The van der Waals surface area contributed by atoms with Crippen LogP contribution in [-0.4, -0.2) is 41.3 Å². The molecule has 7 heteroatoms. The van der Waals surface area contributed by atoms with Gasteiger partial charge in [0.1, 0.15) is 0 Å². The van der Waals surface area contributed by atoms with Crippen molar-refractivity contribution in [1.29, 1.82) is 0 Å². The van der Waals surface area contributed by atoms with Crippen LogP contribution in [0.15, 0.2) is 47.4 Å². The van der Waals surface area contributed by atoms with Crippen molar-refractivity contribution in [2.24, 2.45) is 0 Å². The second-order valence-corrected chi connectivity index (χ2v) is 8.49. The lowest BCUT2D eigenvalue weighted by Crippen LogP contribution is -2.36. The summed E-state index contributed by atoms with van der Waals surface area (Å²) in [6, 6.07) is 12.4. The van der Waals surface area contributed by atoms with E-state index in [9.17, 15) is 8.42 Å². The summed E-state index contributed by atoms with van der Waals surface area (Å²) < 4.78 is 33.0. The van der Waals surface area contributed by atoms with Gasteiger partial charge < -0.3 is 9.64 Å². The fourth-order valence-corrected chi connectivity index (χ4v) is 4.96. The van der Waals surface area contributed by atoms with E-state index >= 15 is 0 Å². The van der Waals surface area contributed by atoms with Crippen molar-refractivity contribution in [1.82, 2.24) is 0 Å². The summed E-state index contributed by atoms with van der Waals surface area (Å²) in [5, 5.41) is 0.523. The molecular formula is C18H19ClN2O3S. The number of rotatable bonds is 3. The van der Waals surface area contributed by atoms with Crippen LogP contribution in [0.4, 0.5) is 11.4 Å². The molecular weight excluding hydrogens is 360 g/mol. The van der Waals surface area contributed by atoms with Gasteiger partial charge in [0.15, 0.2) is 0 Å². The molecule has 1 saturated heterocycles. The van der Waals surface area contributed by atoms with Crippen molar-refractivity contribution in [3.63, 3.8) is 0 Å². The van der Waals surface area contributed by atoms with Crippen molar-refractivity contribution in [3.8, 4) is 0 Å². The standard InChI is InChI=1S/C18H19ClN2O3S/c19-15-2-5-17(6-3-15)25(22,23)21-8-7-14-1-4-16(13-18(14)21)20-9-11-24-12-10-20/h1-6,13H,7-12H2. The third-order valence-corrected chi connectivity index (χ3v) is 6.78. The predicted molar refractivity (Wildman–Crippen MR) is 99.2 cm³/mol. The largest absolute Gasteiger partial charge is 0.378 e. The summed E-state index contributed by atoms with van der Waals surface area (Å²) in [7, 11) is -3.58. The number of ether oxygens (including phenoxy) is 1. The fourth-order valence-electron chi connectivity index (χ4n) is 3.34. The lowest BCUT2D eigenvalue weighted by Gasteiger charge is -2.30. The van der Waals surface area contributed by atoms with Crippen molar-refractivity contribution in [3.05, 3.63) is 53.1 Å². The van der Waals surface area contributed by atoms with E-state index in [1.807, 2.05) is 12.1 Å². The average Bonchev–Trinajstić information content (AvgIpc) is 3.07. The first-order valence-corrected chi connectivity index (χ1v) is 10.1. The summed E-state index contributed by atoms with van der Waals surface area (Å²) in [5.41, 5.74) is 2.88. The molecule has 0 unspecified atom stereocenters. The SMILES string of the molecule is O=S(=O)(c1ccc(Cl)cc1)N1CCc2ccc(N3CCOCC3)cc21. The van der Waals surface area contributed by atoms with Crippen molar-refractivity contribution in [2.75, 3.05) is 42.1 Å². The number of benzene rings is 2. The highest BCUT2D eigenvalue weighted by molar-refractivity contribution is 7.92. The third kappa shape index (κ3) is 3.10. The van der Waals surface area contributed by atoms with Crippen LogP contribution in [0, 0.1) is 0 Å². The Labute approximate surface area is 152 Å². The van der Waals surface area contributed by atoms with E-state index in [1.54, 1.807) is 24.3 Å². The zero-order chi connectivity index (χ0) is 17.4. The van der Waals surface area contributed by atoms with Crippen molar-refractivity contribution in [2.45, 2.75) is 11.3 Å². The smallest absolute Gasteiger partial charge is 0.264 e. The molecule has 0 amide bonds. The van der Waals surface area contributed by atoms with E-state index in [0.717, 1.165) is 36.4 Å². The maximum absolute atomic E-state index is 13.0. The van der Waals surface area contributed by atoms with Gasteiger partial charge in [0.25, 0.3) is 10.0 Å². The zero-order valence-electron chi connectivity index (χ0n) is 13.7. The lowest BCUT2D eigenvalue weighted by molar-refractivity contribution is 0.122. The van der Waals surface area contributed by atoms with Gasteiger partial charge in [-0.15, -0.1) is 0 Å². The van der Waals surface area contributed by atoms with Crippen molar-refractivity contribution >= 4 is 33.0 Å². The van der Waals surface area contributed by atoms with Crippen LogP contribution >= 0.6 is 11.6 Å². The van der Waals surface area contributed by atoms with Gasteiger partial charge in [-0.3, -0.25) is 4.31 Å². The minimum atomic E-state index is -3.58. The van der Waals surface area contributed by atoms with Gasteiger partial charge in [-0.25, -0.2) is 8.42 Å². The Bertz CT molecular complexity index is 878. The normalized spacial score (nSPS) is 17.6. The monoisotopic (exact) mass is 378 g/mol. The van der Waals surface area contributed by atoms with Crippen LogP contribution in [0.1, 0.15) is 5.56 Å². The van der Waals surface area contributed by atoms with Crippen LogP contribution in [0.3, 0.4) is 0 Å². The van der Waals surface area contributed by atoms with Gasteiger partial charge in [-0.05, 0) is 48.4 Å². The number of anilines is 2. The van der Waals surface area contributed by atoms with Gasteiger partial charge in [0.2, 0.25) is 0 Å². The van der Waals surface area contributed by atoms with Crippen LogP contribution in [0.2, 0.25) is 5.02 Å². The number of hydrogen-bond acceptors (Lipinski definition) is 4. The Kier molecular flexibility index (Phi) is 4.35.